The average Bonchev–Trinajstić information content (AvgIpc) is 2.42. The Morgan fingerprint density at radius 3 is 2.84 bits per heavy atom. The van der Waals surface area contributed by atoms with Gasteiger partial charge in [-0.25, -0.2) is 0 Å². The Kier molecular flexibility index (Phi) is 5.23. The first-order valence-corrected chi connectivity index (χ1v) is 7.08. The van der Waals surface area contributed by atoms with Gasteiger partial charge in [-0.1, -0.05) is 23.7 Å². The third-order valence-electron chi connectivity index (χ3n) is 3.54. The molecule has 1 fully saturated rings. The lowest BCUT2D eigenvalue weighted by Gasteiger charge is -2.32. The molecule has 1 aliphatic heterocycles. The van der Waals surface area contributed by atoms with E-state index in [1.165, 1.54) is 0 Å². The van der Waals surface area contributed by atoms with Crippen molar-refractivity contribution >= 4 is 17.5 Å². The zero-order valence-corrected chi connectivity index (χ0v) is 12.0. The van der Waals surface area contributed by atoms with Gasteiger partial charge in [0.1, 0.15) is 0 Å². The first kappa shape index (κ1) is 14.4. The topological polar surface area (TPSA) is 29.5 Å². The fourth-order valence-corrected chi connectivity index (χ4v) is 2.68. The highest BCUT2D eigenvalue weighted by Gasteiger charge is 2.23. The van der Waals surface area contributed by atoms with E-state index in [9.17, 15) is 4.79 Å². The molecule has 1 aromatic carbocycles. The molecule has 0 aliphatic carbocycles. The lowest BCUT2D eigenvalue weighted by atomic mass is 9.98. The molecule has 0 bridgehead atoms. The second kappa shape index (κ2) is 6.92. The van der Waals surface area contributed by atoms with Gasteiger partial charge < -0.3 is 9.64 Å². The quantitative estimate of drug-likeness (QED) is 0.849. The number of methoxy groups -OCH3 is 1. The highest BCUT2D eigenvalue weighted by molar-refractivity contribution is 6.30. The average molecular weight is 282 g/mol. The van der Waals surface area contributed by atoms with Crippen molar-refractivity contribution in [1.82, 2.24) is 4.90 Å². The third-order valence-corrected chi connectivity index (χ3v) is 3.79. The van der Waals surface area contributed by atoms with Crippen LogP contribution in [0, 0.1) is 5.92 Å². The van der Waals surface area contributed by atoms with Crippen LogP contribution in [0.5, 0.6) is 0 Å². The van der Waals surface area contributed by atoms with E-state index in [4.69, 9.17) is 16.3 Å². The van der Waals surface area contributed by atoms with Gasteiger partial charge in [0.05, 0.1) is 13.0 Å². The molecule has 1 amide bonds. The molecule has 2 rings (SSSR count). The summed E-state index contributed by atoms with van der Waals surface area (Å²) in [7, 11) is 1.72. The molecule has 1 unspecified atom stereocenters. The van der Waals surface area contributed by atoms with Gasteiger partial charge in [0.15, 0.2) is 0 Å². The molecule has 4 heteroatoms. The van der Waals surface area contributed by atoms with Crippen LogP contribution in [0.2, 0.25) is 5.02 Å². The van der Waals surface area contributed by atoms with E-state index < -0.39 is 0 Å². The predicted octanol–water partition coefficient (Wildman–Crippen LogP) is 2.77. The minimum Gasteiger partial charge on any atom is -0.384 e. The molecular weight excluding hydrogens is 262 g/mol. The van der Waals surface area contributed by atoms with E-state index in [2.05, 4.69) is 0 Å². The Labute approximate surface area is 119 Å². The van der Waals surface area contributed by atoms with Crippen LogP contribution in [0.25, 0.3) is 0 Å². The number of rotatable bonds is 4. The molecule has 3 nitrogen and oxygen atoms in total. The molecule has 0 spiro atoms. The second-order valence-corrected chi connectivity index (χ2v) is 5.54. The zero-order valence-electron chi connectivity index (χ0n) is 11.3. The number of carbonyl (C=O) groups excluding carboxylic acids is 1. The first-order chi connectivity index (χ1) is 9.19. The van der Waals surface area contributed by atoms with Crippen LogP contribution in [0.3, 0.4) is 0 Å². The van der Waals surface area contributed by atoms with E-state index >= 15 is 0 Å². The standard InChI is InChI=1S/C15H20ClNO2/c1-19-11-13-3-2-8-17(10-13)15(18)9-12-4-6-14(16)7-5-12/h4-7,13H,2-3,8-11H2,1H3. The number of ether oxygens (including phenoxy) is 1. The Bertz CT molecular complexity index is 417. The van der Waals surface area contributed by atoms with Gasteiger partial charge in [-0.2, -0.15) is 0 Å². The van der Waals surface area contributed by atoms with Crippen molar-refractivity contribution < 1.29 is 9.53 Å². The lowest BCUT2D eigenvalue weighted by Crippen LogP contribution is -2.41. The van der Waals surface area contributed by atoms with Crippen molar-refractivity contribution in [2.45, 2.75) is 19.3 Å². The van der Waals surface area contributed by atoms with Crippen LogP contribution in [-0.4, -0.2) is 37.6 Å². The number of nitrogens with zero attached hydrogens (tertiary/aromatic N) is 1. The number of halogens is 1. The van der Waals surface area contributed by atoms with Gasteiger partial charge in [0, 0.05) is 25.2 Å². The maximum absolute atomic E-state index is 12.3. The van der Waals surface area contributed by atoms with Crippen molar-refractivity contribution in [2.75, 3.05) is 26.8 Å². The Morgan fingerprint density at radius 1 is 1.42 bits per heavy atom. The summed E-state index contributed by atoms with van der Waals surface area (Å²) in [5, 5.41) is 0.703. The molecule has 0 N–H and O–H groups in total. The van der Waals surface area contributed by atoms with Gasteiger partial charge in [-0.15, -0.1) is 0 Å². The minimum atomic E-state index is 0.197. The molecule has 19 heavy (non-hydrogen) atoms. The van der Waals surface area contributed by atoms with Gasteiger partial charge in [-0.05, 0) is 36.5 Å². The van der Waals surface area contributed by atoms with Crippen molar-refractivity contribution in [3.05, 3.63) is 34.9 Å². The number of hydrogen-bond donors (Lipinski definition) is 0. The molecule has 0 radical (unpaired) electrons. The molecule has 1 atom stereocenters. The minimum absolute atomic E-state index is 0.197. The fraction of sp³-hybridized carbons (Fsp3) is 0.533. The van der Waals surface area contributed by atoms with Gasteiger partial charge in [0.2, 0.25) is 5.91 Å². The first-order valence-electron chi connectivity index (χ1n) is 6.70. The molecule has 1 heterocycles. The number of benzene rings is 1. The molecule has 1 aliphatic rings. The van der Waals surface area contributed by atoms with Crippen LogP contribution < -0.4 is 0 Å². The molecule has 0 aromatic heterocycles. The summed E-state index contributed by atoms with van der Waals surface area (Å²) in [6.07, 6.45) is 2.68. The lowest BCUT2D eigenvalue weighted by molar-refractivity contribution is -0.132. The normalized spacial score (nSPS) is 19.5. The molecule has 104 valence electrons. The van der Waals surface area contributed by atoms with E-state index in [0.717, 1.165) is 38.1 Å². The van der Waals surface area contributed by atoms with Crippen molar-refractivity contribution in [1.29, 1.82) is 0 Å². The van der Waals surface area contributed by atoms with Gasteiger partial charge in [0.25, 0.3) is 0 Å². The number of likely N-dealkylation sites (tertiary alicyclic amines) is 1. The van der Waals surface area contributed by atoms with E-state index in [1.54, 1.807) is 7.11 Å². The Morgan fingerprint density at radius 2 is 2.16 bits per heavy atom. The SMILES string of the molecule is COCC1CCCN(C(=O)Cc2ccc(Cl)cc2)C1. The summed E-state index contributed by atoms with van der Waals surface area (Å²) >= 11 is 5.84. The zero-order chi connectivity index (χ0) is 13.7. The van der Waals surface area contributed by atoms with Crippen LogP contribution >= 0.6 is 11.6 Å². The molecular formula is C15H20ClNO2. The predicted molar refractivity (Wildman–Crippen MR) is 76.3 cm³/mol. The summed E-state index contributed by atoms with van der Waals surface area (Å²) in [5.41, 5.74) is 1.02. The Balaban J connectivity index is 1.90. The summed E-state index contributed by atoms with van der Waals surface area (Å²) in [5.74, 6) is 0.677. The number of carbonyl (C=O) groups is 1. The summed E-state index contributed by atoms with van der Waals surface area (Å²) in [4.78, 5) is 14.2. The van der Waals surface area contributed by atoms with Crippen molar-refractivity contribution in [3.8, 4) is 0 Å². The smallest absolute Gasteiger partial charge is 0.226 e. The third kappa shape index (κ3) is 4.22. The van der Waals surface area contributed by atoms with Crippen molar-refractivity contribution in [3.63, 3.8) is 0 Å². The van der Waals surface area contributed by atoms with E-state index in [-0.39, 0.29) is 5.91 Å². The maximum atomic E-state index is 12.3. The fourth-order valence-electron chi connectivity index (χ4n) is 2.55. The molecule has 0 saturated carbocycles. The van der Waals surface area contributed by atoms with E-state index in [1.807, 2.05) is 29.2 Å². The van der Waals surface area contributed by atoms with Crippen LogP contribution in [0.4, 0.5) is 0 Å². The van der Waals surface area contributed by atoms with Crippen LogP contribution in [-0.2, 0) is 16.0 Å². The van der Waals surface area contributed by atoms with Crippen LogP contribution in [0.15, 0.2) is 24.3 Å². The van der Waals surface area contributed by atoms with Gasteiger partial charge >= 0.3 is 0 Å². The number of amides is 1. The van der Waals surface area contributed by atoms with Crippen LogP contribution in [0.1, 0.15) is 18.4 Å². The highest BCUT2D eigenvalue weighted by Crippen LogP contribution is 2.18. The summed E-state index contributed by atoms with van der Waals surface area (Å²) in [6.45, 7) is 2.43. The Hall–Kier alpha value is -1.06. The number of piperidine rings is 1. The molecule has 1 saturated heterocycles. The highest BCUT2D eigenvalue weighted by atomic mass is 35.5. The monoisotopic (exact) mass is 281 g/mol. The summed E-state index contributed by atoms with van der Waals surface area (Å²) < 4.78 is 5.19. The van der Waals surface area contributed by atoms with Gasteiger partial charge in [-0.3, -0.25) is 4.79 Å². The van der Waals surface area contributed by atoms with Crippen molar-refractivity contribution in [2.24, 2.45) is 5.92 Å². The largest absolute Gasteiger partial charge is 0.384 e. The number of hydrogen-bond acceptors (Lipinski definition) is 2. The second-order valence-electron chi connectivity index (χ2n) is 5.11. The molecule has 1 aromatic rings. The van der Waals surface area contributed by atoms with E-state index in [0.29, 0.717) is 17.4 Å². The maximum Gasteiger partial charge on any atom is 0.226 e. The summed E-state index contributed by atoms with van der Waals surface area (Å²) in [6, 6.07) is 7.48.